The summed E-state index contributed by atoms with van der Waals surface area (Å²) in [4.78, 5) is 13.4. The highest BCUT2D eigenvalue weighted by atomic mass is 35.5. The van der Waals surface area contributed by atoms with Gasteiger partial charge in [-0.1, -0.05) is 0 Å². The molecule has 4 heterocycles. The molecule has 0 spiro atoms. The molecule has 5 rings (SSSR count). The minimum absolute atomic E-state index is 0. The highest BCUT2D eigenvalue weighted by Gasteiger charge is 2.16. The van der Waals surface area contributed by atoms with Gasteiger partial charge in [0.25, 0.3) is 0 Å². The smallest absolute Gasteiger partial charge is 0.181 e. The molecule has 0 radical (unpaired) electrons. The van der Waals surface area contributed by atoms with Gasteiger partial charge in [0.2, 0.25) is 0 Å². The molecule has 0 aliphatic carbocycles. The van der Waals surface area contributed by atoms with E-state index in [0.29, 0.717) is 11.5 Å². The second-order valence-corrected chi connectivity index (χ2v) is 6.47. The molecule has 4 aromatic heterocycles. The molecular weight excluding hydrogens is 378 g/mol. The summed E-state index contributed by atoms with van der Waals surface area (Å²) < 4.78 is 3.89. The van der Waals surface area contributed by atoms with Crippen LogP contribution in [0.1, 0.15) is 18.9 Å². The fourth-order valence-corrected chi connectivity index (χ4v) is 3.45. The Morgan fingerprint density at radius 1 is 1.14 bits per heavy atom. The number of aliphatic hydroxyl groups is 1. The number of nitrogens with one attached hydrogen (secondary N) is 1. The van der Waals surface area contributed by atoms with Crippen molar-refractivity contribution < 1.29 is 5.11 Å². The van der Waals surface area contributed by atoms with Crippen molar-refractivity contribution in [1.29, 1.82) is 0 Å². The van der Waals surface area contributed by atoms with Crippen LogP contribution in [0.15, 0.2) is 48.9 Å². The maximum Gasteiger partial charge on any atom is 0.181 e. The van der Waals surface area contributed by atoms with Gasteiger partial charge in [0.15, 0.2) is 11.5 Å². The molecule has 0 bridgehead atoms. The summed E-state index contributed by atoms with van der Waals surface area (Å²) >= 11 is 0. The summed E-state index contributed by atoms with van der Waals surface area (Å²) in [6.07, 6.45) is 4.74. The first-order chi connectivity index (χ1) is 13.1. The van der Waals surface area contributed by atoms with Gasteiger partial charge >= 0.3 is 0 Å². The van der Waals surface area contributed by atoms with Gasteiger partial charge in [0.05, 0.1) is 11.0 Å². The lowest BCUT2D eigenvalue weighted by Crippen LogP contribution is -2.01. The zero-order valence-corrected chi connectivity index (χ0v) is 16.1. The molecule has 0 saturated carbocycles. The van der Waals surface area contributed by atoms with Gasteiger partial charge < -0.3 is 9.67 Å². The van der Waals surface area contributed by atoms with E-state index in [9.17, 15) is 5.11 Å². The van der Waals surface area contributed by atoms with E-state index >= 15 is 0 Å². The highest BCUT2D eigenvalue weighted by Crippen LogP contribution is 2.28. The summed E-state index contributed by atoms with van der Waals surface area (Å²) in [7, 11) is 1.91. The summed E-state index contributed by atoms with van der Waals surface area (Å²) in [5.74, 6) is 1.38. The Bertz CT molecular complexity index is 1280. The van der Waals surface area contributed by atoms with Gasteiger partial charge in [-0.2, -0.15) is 5.10 Å². The molecule has 5 aromatic rings. The number of aromatic amines is 1. The number of aryl methyl sites for hydroxylation is 1. The molecule has 1 aromatic carbocycles. The Morgan fingerprint density at radius 3 is 2.82 bits per heavy atom. The van der Waals surface area contributed by atoms with Crippen molar-refractivity contribution >= 4 is 34.5 Å². The Hall–Kier alpha value is -3.23. The molecule has 0 amide bonds. The Kier molecular flexibility index (Phi) is 4.37. The van der Waals surface area contributed by atoms with Crippen LogP contribution in [0, 0.1) is 0 Å². The molecule has 1 unspecified atom stereocenters. The molecule has 28 heavy (non-hydrogen) atoms. The van der Waals surface area contributed by atoms with Crippen LogP contribution < -0.4 is 0 Å². The van der Waals surface area contributed by atoms with E-state index in [-0.39, 0.29) is 12.4 Å². The fraction of sp³-hybridized carbons (Fsp3) is 0.158. The third kappa shape index (κ3) is 2.65. The van der Waals surface area contributed by atoms with Crippen LogP contribution in [0.2, 0.25) is 0 Å². The van der Waals surface area contributed by atoms with Crippen molar-refractivity contribution in [3.63, 3.8) is 0 Å². The van der Waals surface area contributed by atoms with Crippen molar-refractivity contribution in [2.45, 2.75) is 13.0 Å². The van der Waals surface area contributed by atoms with Crippen LogP contribution in [0.25, 0.3) is 39.3 Å². The number of H-pyrrole nitrogens is 1. The number of aliphatic hydroxyl groups excluding tert-OH is 1. The molecule has 1 atom stereocenters. The van der Waals surface area contributed by atoms with Crippen LogP contribution in [0.3, 0.4) is 0 Å². The van der Waals surface area contributed by atoms with Gasteiger partial charge in [-0.3, -0.25) is 9.67 Å². The minimum Gasteiger partial charge on any atom is -0.385 e. The van der Waals surface area contributed by atoms with Crippen molar-refractivity contribution in [3.05, 3.63) is 54.7 Å². The average Bonchev–Trinajstić information content (AvgIpc) is 3.38. The number of fused-ring (bicyclic) bond motifs is 2. The Labute approximate surface area is 166 Å². The van der Waals surface area contributed by atoms with E-state index in [4.69, 9.17) is 0 Å². The monoisotopic (exact) mass is 395 g/mol. The number of pyridine rings is 1. The van der Waals surface area contributed by atoms with Gasteiger partial charge in [0, 0.05) is 36.7 Å². The van der Waals surface area contributed by atoms with Gasteiger partial charge in [-0.05, 0) is 37.3 Å². The molecule has 0 fully saturated rings. The van der Waals surface area contributed by atoms with Crippen molar-refractivity contribution in [3.8, 4) is 17.2 Å². The second-order valence-electron chi connectivity index (χ2n) is 6.47. The summed E-state index contributed by atoms with van der Waals surface area (Å²) in [6.45, 7) is 1.72. The Balaban J connectivity index is 0.00000192. The minimum atomic E-state index is -0.626. The second kappa shape index (κ2) is 6.74. The first-order valence-corrected chi connectivity index (χ1v) is 8.61. The van der Waals surface area contributed by atoms with E-state index in [1.807, 2.05) is 52.7 Å². The lowest BCUT2D eigenvalue weighted by atomic mass is 10.2. The molecule has 9 heteroatoms. The number of hydrogen-bond acceptors (Lipinski definition) is 5. The zero-order chi connectivity index (χ0) is 18.5. The lowest BCUT2D eigenvalue weighted by molar-refractivity contribution is 0.186. The summed E-state index contributed by atoms with van der Waals surface area (Å²) in [5.41, 5.74) is 4.18. The number of nitrogens with zero attached hydrogens (tertiary/aromatic N) is 6. The summed E-state index contributed by atoms with van der Waals surface area (Å²) in [5, 5.41) is 18.1. The predicted octanol–water partition coefficient (Wildman–Crippen LogP) is 3.17. The first kappa shape index (κ1) is 18.1. The zero-order valence-electron chi connectivity index (χ0n) is 15.2. The SMILES string of the molecule is CC(O)c1nc2cc(-n3ccnc3-c3[nH]nc4ncccc34)ccc2n1C.Cl. The largest absolute Gasteiger partial charge is 0.385 e. The molecule has 0 saturated heterocycles. The van der Waals surface area contributed by atoms with E-state index in [1.54, 1.807) is 19.3 Å². The number of aromatic nitrogens is 7. The van der Waals surface area contributed by atoms with Crippen LogP contribution >= 0.6 is 12.4 Å². The van der Waals surface area contributed by atoms with Crippen LogP contribution in [-0.2, 0) is 7.05 Å². The van der Waals surface area contributed by atoms with E-state index in [1.165, 1.54) is 0 Å². The number of imidazole rings is 2. The molecule has 142 valence electrons. The molecule has 0 aliphatic heterocycles. The van der Waals surface area contributed by atoms with Crippen LogP contribution in [-0.4, -0.2) is 39.4 Å². The number of benzene rings is 1. The third-order valence-electron chi connectivity index (χ3n) is 4.74. The molecular formula is C19H18ClN7O. The van der Waals surface area contributed by atoms with E-state index in [2.05, 4.69) is 25.1 Å². The van der Waals surface area contributed by atoms with Gasteiger partial charge in [0.1, 0.15) is 17.6 Å². The number of halogens is 1. The highest BCUT2D eigenvalue weighted by molar-refractivity contribution is 5.89. The van der Waals surface area contributed by atoms with Gasteiger partial charge in [-0.15, -0.1) is 12.4 Å². The number of hydrogen-bond donors (Lipinski definition) is 2. The van der Waals surface area contributed by atoms with Crippen molar-refractivity contribution in [1.82, 2.24) is 34.3 Å². The van der Waals surface area contributed by atoms with Crippen LogP contribution in [0.4, 0.5) is 0 Å². The standard InChI is InChI=1S/C19H17N7O.ClH/c1-11(27)18-22-14-10-12(5-6-15(14)25(18)2)26-9-8-21-19(26)16-13-4-3-7-20-17(13)24-23-16;/h3-11,27H,1-2H3,(H,20,23,24);1H. The predicted molar refractivity (Wildman–Crippen MR) is 109 cm³/mol. The topological polar surface area (TPSA) is 97.4 Å². The molecule has 2 N–H and O–H groups in total. The fourth-order valence-electron chi connectivity index (χ4n) is 3.45. The summed E-state index contributed by atoms with van der Waals surface area (Å²) in [6, 6.07) is 9.85. The molecule has 0 aliphatic rings. The lowest BCUT2D eigenvalue weighted by Gasteiger charge is -2.07. The number of rotatable bonds is 3. The maximum atomic E-state index is 9.91. The van der Waals surface area contributed by atoms with Gasteiger partial charge in [-0.25, -0.2) is 15.0 Å². The third-order valence-corrected chi connectivity index (χ3v) is 4.74. The molecule has 8 nitrogen and oxygen atoms in total. The normalized spacial score (nSPS) is 12.4. The van der Waals surface area contributed by atoms with E-state index < -0.39 is 6.10 Å². The Morgan fingerprint density at radius 2 is 2.00 bits per heavy atom. The quantitative estimate of drug-likeness (QED) is 0.489. The van der Waals surface area contributed by atoms with Crippen molar-refractivity contribution in [2.24, 2.45) is 7.05 Å². The van der Waals surface area contributed by atoms with Crippen molar-refractivity contribution in [2.75, 3.05) is 0 Å². The first-order valence-electron chi connectivity index (χ1n) is 8.61. The van der Waals surface area contributed by atoms with Crippen LogP contribution in [0.5, 0.6) is 0 Å². The van der Waals surface area contributed by atoms with E-state index in [0.717, 1.165) is 33.6 Å². The maximum absolute atomic E-state index is 9.91. The average molecular weight is 396 g/mol.